The summed E-state index contributed by atoms with van der Waals surface area (Å²) in [6.45, 7) is 3.23. The molecule has 1 saturated heterocycles. The van der Waals surface area contributed by atoms with Crippen LogP contribution < -0.4 is 0 Å². The maximum atomic E-state index is 13.3. The number of amides is 1. The number of pyridine rings is 1. The average Bonchev–Trinajstić information content (AvgIpc) is 2.83. The summed E-state index contributed by atoms with van der Waals surface area (Å²) in [6.07, 6.45) is 4.00. The average molecular weight is 283 g/mol. The van der Waals surface area contributed by atoms with Crippen LogP contribution in [0.25, 0.3) is 0 Å². The molecule has 1 aliphatic heterocycles. The van der Waals surface area contributed by atoms with Crippen molar-refractivity contribution in [3.63, 3.8) is 0 Å². The van der Waals surface area contributed by atoms with E-state index in [1.807, 2.05) is 24.0 Å². The van der Waals surface area contributed by atoms with E-state index in [1.54, 1.807) is 18.5 Å². The summed E-state index contributed by atoms with van der Waals surface area (Å²) < 4.78 is 13.3. The molecule has 0 radical (unpaired) electrons. The molecule has 1 fully saturated rings. The van der Waals surface area contributed by atoms with Gasteiger partial charge in [0.1, 0.15) is 5.82 Å². The van der Waals surface area contributed by atoms with Crippen molar-refractivity contribution in [3.8, 4) is 0 Å². The van der Waals surface area contributed by atoms with Crippen LogP contribution in [-0.2, 0) is 11.3 Å². The Labute approximate surface area is 123 Å². The van der Waals surface area contributed by atoms with Crippen LogP contribution in [0.15, 0.2) is 42.7 Å². The van der Waals surface area contributed by atoms with E-state index in [1.165, 1.54) is 12.1 Å². The first-order valence-corrected chi connectivity index (χ1v) is 7.06. The lowest BCUT2D eigenvalue weighted by Crippen LogP contribution is -2.24. The van der Waals surface area contributed by atoms with Gasteiger partial charge in [-0.3, -0.25) is 9.78 Å². The van der Waals surface area contributed by atoms with Crippen molar-refractivity contribution in [3.05, 3.63) is 65.2 Å². The molecule has 2 heterocycles. The predicted octanol–water partition coefficient (Wildman–Crippen LogP) is 3.05. The molecule has 0 saturated carbocycles. The van der Waals surface area contributed by atoms with E-state index in [0.29, 0.717) is 19.5 Å². The van der Waals surface area contributed by atoms with Crippen LogP contribution in [-0.4, -0.2) is 22.3 Å². The third-order valence-electron chi connectivity index (χ3n) is 4.03. The Hall–Kier alpha value is -2.23. The number of carbonyl (C=O) groups is 1. The number of rotatable bonds is 3. The molecule has 21 heavy (non-hydrogen) atoms. The van der Waals surface area contributed by atoms with Gasteiger partial charge in [0.05, 0.1) is 0 Å². The second kappa shape index (κ2) is 5.64. The molecule has 108 valence electrons. The van der Waals surface area contributed by atoms with Crippen molar-refractivity contribution in [2.45, 2.75) is 25.8 Å². The zero-order chi connectivity index (χ0) is 14.8. The first-order chi connectivity index (χ1) is 10.1. The molecule has 0 bridgehead atoms. The molecule has 4 heteroatoms. The molecule has 1 aromatic heterocycles. The Kier molecular flexibility index (Phi) is 3.69. The molecule has 1 atom stereocenters. The fourth-order valence-corrected chi connectivity index (χ4v) is 2.79. The Morgan fingerprint density at radius 3 is 3.00 bits per heavy atom. The van der Waals surface area contributed by atoms with E-state index in [9.17, 15) is 9.18 Å². The molecule has 0 unspecified atom stereocenters. The van der Waals surface area contributed by atoms with Gasteiger partial charge >= 0.3 is 0 Å². The summed E-state index contributed by atoms with van der Waals surface area (Å²) in [5.74, 6) is -0.0424. The summed E-state index contributed by atoms with van der Waals surface area (Å²) in [5, 5.41) is 0. The zero-order valence-electron chi connectivity index (χ0n) is 11.9. The van der Waals surface area contributed by atoms with Crippen LogP contribution in [0.1, 0.15) is 29.0 Å². The monoisotopic (exact) mass is 283 g/mol. The van der Waals surface area contributed by atoms with Gasteiger partial charge in [-0.25, -0.2) is 4.39 Å². The van der Waals surface area contributed by atoms with Crippen LogP contribution in [0.2, 0.25) is 0 Å². The molecular weight excluding hydrogens is 266 g/mol. The number of likely N-dealkylation sites (tertiary alicyclic amines) is 1. The van der Waals surface area contributed by atoms with Gasteiger partial charge in [-0.05, 0) is 41.8 Å². The highest BCUT2D eigenvalue weighted by Gasteiger charge is 2.30. The van der Waals surface area contributed by atoms with Gasteiger partial charge in [0.25, 0.3) is 0 Å². The van der Waals surface area contributed by atoms with Gasteiger partial charge in [0, 0.05) is 37.8 Å². The molecular formula is C17H17FN2O. The highest BCUT2D eigenvalue weighted by atomic mass is 18.2. The number of aryl methyl sites for hydroxylation is 1. The van der Waals surface area contributed by atoms with E-state index >= 15 is 0 Å². The van der Waals surface area contributed by atoms with Crippen molar-refractivity contribution in [1.29, 1.82) is 0 Å². The number of aromatic nitrogens is 1. The number of nitrogens with zero attached hydrogens (tertiary/aromatic N) is 2. The number of carbonyl (C=O) groups excluding carboxylic acids is 1. The second-order valence-corrected chi connectivity index (χ2v) is 5.53. The normalized spacial score (nSPS) is 18.3. The lowest BCUT2D eigenvalue weighted by molar-refractivity contribution is -0.128. The minimum absolute atomic E-state index is 0.0790. The third-order valence-corrected chi connectivity index (χ3v) is 4.03. The van der Waals surface area contributed by atoms with Gasteiger partial charge in [0.15, 0.2) is 0 Å². The van der Waals surface area contributed by atoms with Crippen molar-refractivity contribution in [1.82, 2.24) is 9.88 Å². The number of hydrogen-bond donors (Lipinski definition) is 0. The standard InChI is InChI=1S/C17H17FN2O/c1-12-9-19-6-5-14(12)10-20-11-15(8-17(20)21)13-3-2-4-16(18)7-13/h2-7,9,15H,8,10-11H2,1H3/t15-/m0/s1/i18-1. The molecule has 0 N–H and O–H groups in total. The lowest BCUT2D eigenvalue weighted by Gasteiger charge is -2.18. The Balaban J connectivity index is 1.75. The fourth-order valence-electron chi connectivity index (χ4n) is 2.79. The van der Waals surface area contributed by atoms with E-state index in [0.717, 1.165) is 16.7 Å². The minimum atomic E-state index is -0.247. The van der Waals surface area contributed by atoms with Crippen molar-refractivity contribution < 1.29 is 9.18 Å². The van der Waals surface area contributed by atoms with Crippen molar-refractivity contribution in [2.75, 3.05) is 6.54 Å². The summed E-state index contributed by atoms with van der Waals surface area (Å²) in [6, 6.07) is 8.49. The van der Waals surface area contributed by atoms with E-state index in [-0.39, 0.29) is 17.6 Å². The van der Waals surface area contributed by atoms with E-state index < -0.39 is 0 Å². The van der Waals surface area contributed by atoms with Crippen LogP contribution >= 0.6 is 0 Å². The maximum absolute atomic E-state index is 13.3. The molecule has 2 aromatic rings. The highest BCUT2D eigenvalue weighted by molar-refractivity contribution is 5.79. The number of hydrogen-bond acceptors (Lipinski definition) is 2. The SMILES string of the molecule is Cc1cnccc1CN1C[C@@H](c2cccc([18F])c2)CC1=O. The fraction of sp³-hybridized carbons (Fsp3) is 0.294. The summed E-state index contributed by atoms with van der Waals surface area (Å²) in [4.78, 5) is 18.1. The quantitative estimate of drug-likeness (QED) is 0.867. The third kappa shape index (κ3) is 2.94. The zero-order valence-corrected chi connectivity index (χ0v) is 11.9. The Bertz CT molecular complexity index is 671. The van der Waals surface area contributed by atoms with E-state index in [2.05, 4.69) is 4.98 Å². The topological polar surface area (TPSA) is 33.2 Å². The van der Waals surface area contributed by atoms with Gasteiger partial charge in [-0.1, -0.05) is 12.1 Å². The van der Waals surface area contributed by atoms with Crippen molar-refractivity contribution in [2.24, 2.45) is 0 Å². The van der Waals surface area contributed by atoms with Crippen molar-refractivity contribution >= 4 is 5.91 Å². The molecule has 0 spiro atoms. The second-order valence-electron chi connectivity index (χ2n) is 5.53. The highest BCUT2D eigenvalue weighted by Crippen LogP contribution is 2.29. The smallest absolute Gasteiger partial charge is 0.223 e. The first kappa shape index (κ1) is 13.7. The Morgan fingerprint density at radius 1 is 1.38 bits per heavy atom. The number of halogens is 1. The van der Waals surface area contributed by atoms with Crippen LogP contribution in [0, 0.1) is 12.7 Å². The molecule has 3 rings (SSSR count). The summed E-state index contributed by atoms with van der Waals surface area (Å²) >= 11 is 0. The maximum Gasteiger partial charge on any atom is 0.223 e. The van der Waals surface area contributed by atoms with Gasteiger partial charge < -0.3 is 4.90 Å². The molecule has 1 amide bonds. The summed E-state index contributed by atoms with van der Waals surface area (Å²) in [5.41, 5.74) is 3.09. The molecule has 0 aliphatic carbocycles. The Morgan fingerprint density at radius 2 is 2.24 bits per heavy atom. The first-order valence-electron chi connectivity index (χ1n) is 7.06. The lowest BCUT2D eigenvalue weighted by atomic mass is 9.98. The summed E-state index contributed by atoms with van der Waals surface area (Å²) in [7, 11) is 0. The molecule has 1 aliphatic rings. The van der Waals surface area contributed by atoms with Crippen LogP contribution in [0.5, 0.6) is 0 Å². The van der Waals surface area contributed by atoms with Gasteiger partial charge in [0.2, 0.25) is 5.91 Å². The minimum Gasteiger partial charge on any atom is -0.338 e. The molecule has 1 aromatic carbocycles. The predicted molar refractivity (Wildman–Crippen MR) is 78.1 cm³/mol. The largest absolute Gasteiger partial charge is 0.338 e. The number of benzene rings is 1. The van der Waals surface area contributed by atoms with Crippen LogP contribution in [0.4, 0.5) is 4.39 Å². The van der Waals surface area contributed by atoms with E-state index in [4.69, 9.17) is 0 Å². The van der Waals surface area contributed by atoms with Crippen LogP contribution in [0.3, 0.4) is 0 Å². The van der Waals surface area contributed by atoms with Gasteiger partial charge in [-0.15, -0.1) is 0 Å². The van der Waals surface area contributed by atoms with Gasteiger partial charge in [-0.2, -0.15) is 0 Å². The molecule has 3 nitrogen and oxygen atoms in total.